The van der Waals surface area contributed by atoms with Crippen LogP contribution in [-0.4, -0.2) is 34.2 Å². The van der Waals surface area contributed by atoms with Crippen LogP contribution in [0.4, 0.5) is 18.0 Å². The van der Waals surface area contributed by atoms with Gasteiger partial charge in [0.2, 0.25) is 0 Å². The van der Waals surface area contributed by atoms with Gasteiger partial charge in [0, 0.05) is 23.5 Å². The molecule has 204 valence electrons. The molecule has 1 amide bonds. The van der Waals surface area contributed by atoms with E-state index in [0.717, 1.165) is 11.1 Å². The number of carbonyl (C=O) groups excluding carboxylic acids is 1. The van der Waals surface area contributed by atoms with Crippen molar-refractivity contribution in [2.45, 2.75) is 59.0 Å². The zero-order chi connectivity index (χ0) is 28.1. The van der Waals surface area contributed by atoms with Crippen LogP contribution in [0, 0.1) is 6.92 Å². The maximum absolute atomic E-state index is 13.7. The Labute approximate surface area is 223 Å². The highest BCUT2D eigenvalue weighted by Crippen LogP contribution is 2.43. The van der Waals surface area contributed by atoms with Crippen LogP contribution in [0.3, 0.4) is 0 Å². The number of ether oxygens (including phenoxy) is 2. The van der Waals surface area contributed by atoms with E-state index < -0.39 is 28.7 Å². The number of halogens is 3. The van der Waals surface area contributed by atoms with Crippen LogP contribution < -0.4 is 4.74 Å². The first-order valence-corrected chi connectivity index (χ1v) is 12.7. The van der Waals surface area contributed by atoms with E-state index in [1.54, 1.807) is 76.2 Å². The molecule has 1 aromatic heterocycles. The quantitative estimate of drug-likeness (QED) is 0.299. The molecule has 0 aliphatic rings. The second-order valence-electron chi connectivity index (χ2n) is 9.75. The Morgan fingerprint density at radius 2 is 1.71 bits per heavy atom. The number of carboxylic acids is 1. The number of nitrogens with zero attached hydrogens (tertiary/aromatic N) is 1. The van der Waals surface area contributed by atoms with Crippen LogP contribution in [0.5, 0.6) is 5.75 Å². The minimum atomic E-state index is -4.48. The fourth-order valence-electron chi connectivity index (χ4n) is 3.69. The van der Waals surface area contributed by atoms with Crippen molar-refractivity contribution in [3.8, 4) is 16.9 Å². The average molecular weight is 550 g/mol. The summed E-state index contributed by atoms with van der Waals surface area (Å²) in [5.41, 5.74) is 1.33. The van der Waals surface area contributed by atoms with Gasteiger partial charge >= 0.3 is 18.2 Å². The SMILES string of the molecule is Cc1cc(CN(CCC(=O)O)C(=O)OC(C)(C)C)ccc1OCc1cc(-c2ccccc2)c(C(F)(F)F)s1. The first-order valence-electron chi connectivity index (χ1n) is 11.9. The molecule has 6 nitrogen and oxygen atoms in total. The van der Waals surface area contributed by atoms with E-state index in [1.165, 1.54) is 11.0 Å². The molecule has 0 spiro atoms. The van der Waals surface area contributed by atoms with Gasteiger partial charge in [0.05, 0.1) is 6.42 Å². The maximum atomic E-state index is 13.7. The summed E-state index contributed by atoms with van der Waals surface area (Å²) < 4.78 is 52.3. The third kappa shape index (κ3) is 8.24. The van der Waals surface area contributed by atoms with E-state index in [9.17, 15) is 22.8 Å². The summed E-state index contributed by atoms with van der Waals surface area (Å²) in [5.74, 6) is -0.539. The van der Waals surface area contributed by atoms with Crippen molar-refractivity contribution in [1.82, 2.24) is 4.90 Å². The van der Waals surface area contributed by atoms with Crippen molar-refractivity contribution >= 4 is 23.4 Å². The summed E-state index contributed by atoms with van der Waals surface area (Å²) in [6.07, 6.45) is -5.33. The van der Waals surface area contributed by atoms with Gasteiger partial charge in [-0.25, -0.2) is 4.79 Å². The van der Waals surface area contributed by atoms with Gasteiger partial charge in [0.25, 0.3) is 0 Å². The Kier molecular flexibility index (Phi) is 9.09. The van der Waals surface area contributed by atoms with E-state index in [-0.39, 0.29) is 31.7 Å². The van der Waals surface area contributed by atoms with Gasteiger partial charge in [-0.05, 0) is 56.5 Å². The van der Waals surface area contributed by atoms with Gasteiger partial charge < -0.3 is 19.5 Å². The summed E-state index contributed by atoms with van der Waals surface area (Å²) in [4.78, 5) is 24.7. The number of hydrogen-bond donors (Lipinski definition) is 1. The smallest absolute Gasteiger partial charge is 0.426 e. The number of carboxylic acid groups (broad SMARTS) is 1. The van der Waals surface area contributed by atoms with Gasteiger partial charge in [-0.2, -0.15) is 13.2 Å². The third-order valence-electron chi connectivity index (χ3n) is 5.36. The predicted molar refractivity (Wildman–Crippen MR) is 139 cm³/mol. The molecule has 0 aliphatic carbocycles. The average Bonchev–Trinajstić information content (AvgIpc) is 3.25. The number of carbonyl (C=O) groups is 2. The molecular formula is C28H30F3NO5S. The molecule has 3 aromatic rings. The molecule has 38 heavy (non-hydrogen) atoms. The molecule has 1 N–H and O–H groups in total. The van der Waals surface area contributed by atoms with Gasteiger partial charge in [0.15, 0.2) is 0 Å². The second kappa shape index (κ2) is 11.9. The van der Waals surface area contributed by atoms with E-state index in [2.05, 4.69) is 0 Å². The number of rotatable bonds is 9. The Morgan fingerprint density at radius 3 is 2.29 bits per heavy atom. The van der Waals surface area contributed by atoms with Crippen molar-refractivity contribution in [3.05, 3.63) is 75.5 Å². The van der Waals surface area contributed by atoms with Crippen molar-refractivity contribution in [3.63, 3.8) is 0 Å². The molecular weight excluding hydrogens is 519 g/mol. The molecule has 0 unspecified atom stereocenters. The molecule has 1 heterocycles. The maximum Gasteiger partial charge on any atom is 0.426 e. The number of benzene rings is 2. The molecule has 0 saturated heterocycles. The Bertz CT molecular complexity index is 1270. The molecule has 10 heteroatoms. The van der Waals surface area contributed by atoms with Crippen LogP contribution in [0.1, 0.15) is 48.1 Å². The molecule has 0 atom stereocenters. The summed E-state index contributed by atoms with van der Waals surface area (Å²) in [5, 5.41) is 9.05. The minimum absolute atomic E-state index is 0.0226. The van der Waals surface area contributed by atoms with E-state index in [4.69, 9.17) is 14.6 Å². The summed E-state index contributed by atoms with van der Waals surface area (Å²) in [6.45, 7) is 7.04. The molecule has 0 radical (unpaired) electrons. The number of hydrogen-bond acceptors (Lipinski definition) is 5. The lowest BCUT2D eigenvalue weighted by molar-refractivity contribution is -0.137. The number of aryl methyl sites for hydroxylation is 1. The normalized spacial score (nSPS) is 11.8. The zero-order valence-electron chi connectivity index (χ0n) is 21.6. The Morgan fingerprint density at radius 1 is 1.03 bits per heavy atom. The van der Waals surface area contributed by atoms with E-state index in [1.807, 2.05) is 0 Å². The van der Waals surface area contributed by atoms with Gasteiger partial charge in [0.1, 0.15) is 22.8 Å². The largest absolute Gasteiger partial charge is 0.488 e. The number of aliphatic carboxylic acids is 1. The second-order valence-corrected chi connectivity index (χ2v) is 10.9. The first kappa shape index (κ1) is 29.0. The molecule has 0 saturated carbocycles. The van der Waals surface area contributed by atoms with Crippen molar-refractivity contribution < 1.29 is 37.3 Å². The van der Waals surface area contributed by atoms with Crippen LogP contribution in [0.2, 0.25) is 0 Å². The highest BCUT2D eigenvalue weighted by Gasteiger charge is 2.36. The summed E-state index contributed by atoms with van der Waals surface area (Å²) in [7, 11) is 0. The van der Waals surface area contributed by atoms with Crippen LogP contribution in [-0.2, 0) is 28.9 Å². The lowest BCUT2D eigenvalue weighted by Crippen LogP contribution is -2.37. The van der Waals surface area contributed by atoms with Gasteiger partial charge in [-0.1, -0.05) is 42.5 Å². The Hall–Kier alpha value is -3.53. The number of alkyl halides is 3. The van der Waals surface area contributed by atoms with Gasteiger partial charge in [-0.3, -0.25) is 4.79 Å². The first-order chi connectivity index (χ1) is 17.7. The third-order valence-corrected chi connectivity index (χ3v) is 6.51. The predicted octanol–water partition coefficient (Wildman–Crippen LogP) is 7.53. The summed E-state index contributed by atoms with van der Waals surface area (Å²) in [6, 6.07) is 15.1. The standard InChI is InChI=1S/C28H30F3NO5S/c1-18-14-19(16-32(13-12-24(33)34)26(35)37-27(2,3)4)10-11-23(18)36-17-21-15-22(20-8-6-5-7-9-20)25(38-21)28(29,30)31/h5-11,14-15H,12-13,16-17H2,1-4H3,(H,33,34). The Balaban J connectivity index is 1.74. The fourth-order valence-corrected chi connectivity index (χ4v) is 4.65. The van der Waals surface area contributed by atoms with Crippen molar-refractivity contribution in [2.24, 2.45) is 0 Å². The molecule has 3 rings (SSSR count). The molecule has 0 aliphatic heterocycles. The van der Waals surface area contributed by atoms with Crippen LogP contribution in [0.15, 0.2) is 54.6 Å². The van der Waals surface area contributed by atoms with Crippen molar-refractivity contribution in [1.29, 1.82) is 0 Å². The summed E-state index contributed by atoms with van der Waals surface area (Å²) >= 11 is 0.657. The zero-order valence-corrected chi connectivity index (χ0v) is 22.4. The minimum Gasteiger partial charge on any atom is -0.488 e. The molecule has 2 aromatic carbocycles. The van der Waals surface area contributed by atoms with E-state index in [0.29, 0.717) is 27.5 Å². The van der Waals surface area contributed by atoms with E-state index >= 15 is 0 Å². The highest BCUT2D eigenvalue weighted by molar-refractivity contribution is 7.12. The lowest BCUT2D eigenvalue weighted by Gasteiger charge is -2.27. The van der Waals surface area contributed by atoms with Gasteiger partial charge in [-0.15, -0.1) is 11.3 Å². The van der Waals surface area contributed by atoms with Crippen molar-refractivity contribution in [2.75, 3.05) is 6.54 Å². The van der Waals surface area contributed by atoms with Crippen LogP contribution in [0.25, 0.3) is 11.1 Å². The fraction of sp³-hybridized carbons (Fsp3) is 0.357. The lowest BCUT2D eigenvalue weighted by atomic mass is 10.1. The molecule has 0 fully saturated rings. The molecule has 0 bridgehead atoms. The number of amides is 1. The van der Waals surface area contributed by atoms with Crippen LogP contribution >= 0.6 is 11.3 Å². The highest BCUT2D eigenvalue weighted by atomic mass is 32.1. The number of thiophene rings is 1. The monoisotopic (exact) mass is 549 g/mol. The topological polar surface area (TPSA) is 76.1 Å².